The quantitative estimate of drug-likeness (QED) is 0.840. The van der Waals surface area contributed by atoms with Gasteiger partial charge in [-0.25, -0.2) is 9.18 Å². The fraction of sp³-hybridized carbons (Fsp3) is 0.300. The number of nitrogens with zero attached hydrogens (tertiary/aromatic N) is 1. The maximum absolute atomic E-state index is 13.8. The molecule has 0 aliphatic heterocycles. The molecule has 0 fully saturated rings. The Bertz CT molecular complexity index is 733. The second-order valence-corrected chi connectivity index (χ2v) is 6.19. The number of amides is 1. The minimum absolute atomic E-state index is 0.227. The van der Waals surface area contributed by atoms with Crippen molar-refractivity contribution in [3.8, 4) is 0 Å². The summed E-state index contributed by atoms with van der Waals surface area (Å²) in [6.07, 6.45) is 0.457. The Kier molecular flexibility index (Phi) is 6.28. The number of hydrogen-bond donors (Lipinski definition) is 1. The molecule has 2 aromatic carbocycles. The molecule has 0 bridgehead atoms. The number of carbonyl (C=O) groups excluding carboxylic acids is 1. The average molecular weight is 343 g/mol. The van der Waals surface area contributed by atoms with E-state index in [1.807, 2.05) is 30.3 Å². The normalized spacial score (nSPS) is 13.1. The van der Waals surface area contributed by atoms with Gasteiger partial charge in [0.05, 0.1) is 0 Å². The third-order valence-corrected chi connectivity index (χ3v) is 4.28. The fourth-order valence-corrected chi connectivity index (χ4v) is 2.81. The van der Waals surface area contributed by atoms with Crippen LogP contribution in [0.25, 0.3) is 0 Å². The molecular weight excluding hydrogens is 321 g/mol. The van der Waals surface area contributed by atoms with E-state index in [0.717, 1.165) is 5.56 Å². The summed E-state index contributed by atoms with van der Waals surface area (Å²) in [6.45, 7) is 1.69. The average Bonchev–Trinajstić information content (AvgIpc) is 2.61. The third-order valence-electron chi connectivity index (χ3n) is 4.28. The Morgan fingerprint density at radius 2 is 1.64 bits per heavy atom. The highest BCUT2D eigenvalue weighted by atomic mass is 19.1. The molecule has 1 N–H and O–H groups in total. The summed E-state index contributed by atoms with van der Waals surface area (Å²) in [7, 11) is 1.49. The Morgan fingerprint density at radius 1 is 1.04 bits per heavy atom. The van der Waals surface area contributed by atoms with Crippen molar-refractivity contribution < 1.29 is 19.1 Å². The number of aliphatic carboxylic acids is 1. The van der Waals surface area contributed by atoms with Crippen molar-refractivity contribution in [2.45, 2.75) is 25.8 Å². The summed E-state index contributed by atoms with van der Waals surface area (Å²) in [6, 6.07) is 14.5. The van der Waals surface area contributed by atoms with Crippen molar-refractivity contribution in [3.05, 3.63) is 71.5 Å². The van der Waals surface area contributed by atoms with Crippen LogP contribution in [0.5, 0.6) is 0 Å². The number of carboxylic acids is 1. The number of carbonyl (C=O) groups is 2. The molecule has 2 aromatic rings. The summed E-state index contributed by atoms with van der Waals surface area (Å²) in [4.78, 5) is 25.5. The summed E-state index contributed by atoms with van der Waals surface area (Å²) in [5.41, 5.74) is 1.29. The van der Waals surface area contributed by atoms with Crippen molar-refractivity contribution in [1.29, 1.82) is 0 Å². The first-order chi connectivity index (χ1) is 11.9. The summed E-state index contributed by atoms with van der Waals surface area (Å²) in [5, 5.41) is 9.52. The summed E-state index contributed by atoms with van der Waals surface area (Å²) < 4.78 is 13.8. The van der Waals surface area contributed by atoms with E-state index in [-0.39, 0.29) is 24.6 Å². The van der Waals surface area contributed by atoms with Crippen LogP contribution in [0.15, 0.2) is 54.6 Å². The molecule has 0 heterocycles. The minimum Gasteiger partial charge on any atom is -0.480 e. The molecular formula is C20H22FNO3. The largest absolute Gasteiger partial charge is 0.480 e. The van der Waals surface area contributed by atoms with E-state index in [4.69, 9.17) is 0 Å². The summed E-state index contributed by atoms with van der Waals surface area (Å²) in [5.74, 6) is -2.24. The van der Waals surface area contributed by atoms with E-state index in [2.05, 4.69) is 0 Å². The van der Waals surface area contributed by atoms with Gasteiger partial charge in [0, 0.05) is 19.4 Å². The molecule has 5 heteroatoms. The van der Waals surface area contributed by atoms with E-state index < -0.39 is 17.9 Å². The second kappa shape index (κ2) is 8.42. The van der Waals surface area contributed by atoms with E-state index >= 15 is 0 Å². The third kappa shape index (κ3) is 4.89. The molecule has 1 amide bonds. The number of rotatable bonds is 7. The minimum atomic E-state index is -1.06. The number of likely N-dealkylation sites (N-methyl/N-ethyl adjacent to an activating group) is 1. The highest BCUT2D eigenvalue weighted by Crippen LogP contribution is 2.17. The molecule has 0 aliphatic carbocycles. The first-order valence-electron chi connectivity index (χ1n) is 8.17. The molecule has 0 spiro atoms. The Labute approximate surface area is 146 Å². The SMILES string of the molecule is CC(Cc1ccccc1F)C(=O)N(C)C(Cc1ccccc1)C(=O)O. The first kappa shape index (κ1) is 18.6. The number of halogens is 1. The molecule has 4 nitrogen and oxygen atoms in total. The van der Waals surface area contributed by atoms with Crippen LogP contribution in [-0.4, -0.2) is 35.0 Å². The lowest BCUT2D eigenvalue weighted by atomic mass is 9.97. The Morgan fingerprint density at radius 3 is 2.24 bits per heavy atom. The van der Waals surface area contributed by atoms with Crippen LogP contribution in [-0.2, 0) is 22.4 Å². The van der Waals surface area contributed by atoms with Gasteiger partial charge in [0.2, 0.25) is 5.91 Å². The van der Waals surface area contributed by atoms with Crippen molar-refractivity contribution in [3.63, 3.8) is 0 Å². The predicted molar refractivity (Wildman–Crippen MR) is 93.6 cm³/mol. The van der Waals surface area contributed by atoms with Crippen molar-refractivity contribution in [2.24, 2.45) is 5.92 Å². The highest BCUT2D eigenvalue weighted by Gasteiger charge is 2.29. The van der Waals surface area contributed by atoms with Gasteiger partial charge in [-0.2, -0.15) is 0 Å². The smallest absolute Gasteiger partial charge is 0.326 e. The number of carboxylic acid groups (broad SMARTS) is 1. The first-order valence-corrected chi connectivity index (χ1v) is 8.17. The second-order valence-electron chi connectivity index (χ2n) is 6.19. The van der Waals surface area contributed by atoms with Crippen LogP contribution >= 0.6 is 0 Å². The molecule has 0 aromatic heterocycles. The predicted octanol–water partition coefficient (Wildman–Crippen LogP) is 3.16. The van der Waals surface area contributed by atoms with Gasteiger partial charge in [-0.15, -0.1) is 0 Å². The zero-order chi connectivity index (χ0) is 18.4. The van der Waals surface area contributed by atoms with Gasteiger partial charge in [-0.05, 0) is 23.6 Å². The molecule has 132 valence electrons. The van der Waals surface area contributed by atoms with E-state index in [0.29, 0.717) is 5.56 Å². The van der Waals surface area contributed by atoms with Gasteiger partial charge in [-0.1, -0.05) is 55.5 Å². The lowest BCUT2D eigenvalue weighted by molar-refractivity contribution is -0.150. The Hall–Kier alpha value is -2.69. The monoisotopic (exact) mass is 343 g/mol. The lowest BCUT2D eigenvalue weighted by Crippen LogP contribution is -2.46. The standard InChI is InChI=1S/C20H22FNO3/c1-14(12-16-10-6-7-11-17(16)21)19(23)22(2)18(20(24)25)13-15-8-4-3-5-9-15/h3-11,14,18H,12-13H2,1-2H3,(H,24,25). The van der Waals surface area contributed by atoms with Gasteiger partial charge in [-0.3, -0.25) is 4.79 Å². The molecule has 2 rings (SSSR count). The van der Waals surface area contributed by atoms with Crippen LogP contribution < -0.4 is 0 Å². The molecule has 2 unspecified atom stereocenters. The molecule has 0 aliphatic rings. The maximum Gasteiger partial charge on any atom is 0.326 e. The van der Waals surface area contributed by atoms with Crippen LogP contribution in [0, 0.1) is 11.7 Å². The topological polar surface area (TPSA) is 57.6 Å². The van der Waals surface area contributed by atoms with E-state index in [1.54, 1.807) is 25.1 Å². The number of benzene rings is 2. The van der Waals surface area contributed by atoms with Crippen LogP contribution in [0.3, 0.4) is 0 Å². The Balaban J connectivity index is 2.09. The molecule has 0 saturated heterocycles. The maximum atomic E-state index is 13.8. The lowest BCUT2D eigenvalue weighted by Gasteiger charge is -2.27. The number of hydrogen-bond acceptors (Lipinski definition) is 2. The van der Waals surface area contributed by atoms with Gasteiger partial charge in [0.1, 0.15) is 11.9 Å². The highest BCUT2D eigenvalue weighted by molar-refractivity contribution is 5.85. The molecule has 2 atom stereocenters. The van der Waals surface area contributed by atoms with Crippen molar-refractivity contribution >= 4 is 11.9 Å². The van der Waals surface area contributed by atoms with E-state index in [9.17, 15) is 19.1 Å². The van der Waals surface area contributed by atoms with Gasteiger partial charge in [0.25, 0.3) is 0 Å². The van der Waals surface area contributed by atoms with Crippen LogP contribution in [0.2, 0.25) is 0 Å². The van der Waals surface area contributed by atoms with Gasteiger partial charge in [0.15, 0.2) is 0 Å². The van der Waals surface area contributed by atoms with Crippen LogP contribution in [0.4, 0.5) is 4.39 Å². The zero-order valence-corrected chi connectivity index (χ0v) is 14.4. The molecule has 0 radical (unpaired) electrons. The fourth-order valence-electron chi connectivity index (χ4n) is 2.81. The van der Waals surface area contributed by atoms with Crippen molar-refractivity contribution in [1.82, 2.24) is 4.90 Å². The van der Waals surface area contributed by atoms with Gasteiger partial charge < -0.3 is 10.0 Å². The zero-order valence-electron chi connectivity index (χ0n) is 14.4. The molecule has 25 heavy (non-hydrogen) atoms. The molecule has 0 saturated carbocycles. The van der Waals surface area contributed by atoms with E-state index in [1.165, 1.54) is 18.0 Å². The summed E-state index contributed by atoms with van der Waals surface area (Å²) >= 11 is 0. The van der Waals surface area contributed by atoms with Crippen LogP contribution in [0.1, 0.15) is 18.1 Å². The van der Waals surface area contributed by atoms with Crippen molar-refractivity contribution in [2.75, 3.05) is 7.05 Å². The van der Waals surface area contributed by atoms with Gasteiger partial charge >= 0.3 is 5.97 Å².